The van der Waals surface area contributed by atoms with E-state index >= 15 is 0 Å². The number of nitrogens with zero attached hydrogens (tertiary/aromatic N) is 2. The lowest BCUT2D eigenvalue weighted by Gasteiger charge is -2.10. The van der Waals surface area contributed by atoms with Crippen molar-refractivity contribution in [3.63, 3.8) is 0 Å². The Hall–Kier alpha value is -1.44. The maximum absolute atomic E-state index is 11.9. The lowest BCUT2D eigenvalue weighted by molar-refractivity contribution is -0.121. The van der Waals surface area contributed by atoms with Crippen LogP contribution in [0.2, 0.25) is 10.0 Å². The molecule has 1 aromatic carbocycles. The number of hydrogen-bond acceptors (Lipinski definition) is 4. The van der Waals surface area contributed by atoms with Crippen molar-refractivity contribution >= 4 is 50.7 Å². The van der Waals surface area contributed by atoms with E-state index in [1.807, 2.05) is 13.0 Å². The Balaban J connectivity index is 1.77. The van der Waals surface area contributed by atoms with E-state index < -0.39 is 0 Å². The molecule has 130 valence electrons. The maximum atomic E-state index is 11.9. The second kappa shape index (κ2) is 8.60. The third-order valence-corrected chi connectivity index (χ3v) is 4.86. The Labute approximate surface area is 158 Å². The largest absolute Gasteiger partial charge is 0.495 e. The van der Waals surface area contributed by atoms with Crippen molar-refractivity contribution in [3.05, 3.63) is 38.5 Å². The molecule has 2 aromatic rings. The quantitative estimate of drug-likeness (QED) is 0.653. The van der Waals surface area contributed by atoms with Crippen molar-refractivity contribution in [2.75, 3.05) is 25.5 Å². The molecule has 0 saturated heterocycles. The van der Waals surface area contributed by atoms with Crippen LogP contribution < -0.4 is 15.4 Å². The van der Waals surface area contributed by atoms with Crippen LogP contribution in [-0.2, 0) is 11.3 Å². The Morgan fingerprint density at radius 3 is 2.75 bits per heavy atom. The Bertz CT molecular complexity index is 737. The van der Waals surface area contributed by atoms with E-state index in [-0.39, 0.29) is 12.5 Å². The number of amides is 1. The van der Waals surface area contributed by atoms with Crippen molar-refractivity contribution in [1.82, 2.24) is 15.1 Å². The number of benzene rings is 1. The van der Waals surface area contributed by atoms with Crippen LogP contribution in [0.5, 0.6) is 5.75 Å². The highest BCUT2D eigenvalue weighted by atomic mass is 79.9. The van der Waals surface area contributed by atoms with E-state index in [1.54, 1.807) is 23.9 Å². The number of halogens is 3. The van der Waals surface area contributed by atoms with Crippen molar-refractivity contribution in [2.45, 2.75) is 13.5 Å². The molecule has 0 bridgehead atoms. The summed E-state index contributed by atoms with van der Waals surface area (Å²) in [5, 5.41) is 11.2. The molecule has 24 heavy (non-hydrogen) atoms. The van der Waals surface area contributed by atoms with E-state index in [2.05, 4.69) is 31.7 Å². The van der Waals surface area contributed by atoms with Crippen molar-refractivity contribution in [2.24, 2.45) is 0 Å². The monoisotopic (exact) mass is 434 g/mol. The third kappa shape index (κ3) is 4.78. The number of methoxy groups -OCH3 is 1. The molecule has 0 radical (unpaired) electrons. The number of nitrogens with one attached hydrogen (secondary N) is 2. The van der Waals surface area contributed by atoms with Crippen LogP contribution in [0.25, 0.3) is 0 Å². The minimum absolute atomic E-state index is 0.117. The molecule has 6 nitrogen and oxygen atoms in total. The zero-order valence-corrected chi connectivity index (χ0v) is 16.3. The molecule has 2 rings (SSSR count). The van der Waals surface area contributed by atoms with Gasteiger partial charge < -0.3 is 15.4 Å². The summed E-state index contributed by atoms with van der Waals surface area (Å²) in [6.07, 6.45) is 0. The standard InChI is InChI=1S/C15H17BrCl2N4O2/c1-9-14(18)15(16)21-22(9)8-13(23)20-6-5-19-10-3-4-11(17)12(7-10)24-2/h3-4,7,19H,5-6,8H2,1-2H3,(H,20,23). The normalized spacial score (nSPS) is 10.5. The summed E-state index contributed by atoms with van der Waals surface area (Å²) in [6.45, 7) is 2.97. The van der Waals surface area contributed by atoms with Crippen LogP contribution in [0, 0.1) is 6.92 Å². The predicted octanol–water partition coefficient (Wildman–Crippen LogP) is 3.50. The second-order valence-corrected chi connectivity index (χ2v) is 6.51. The van der Waals surface area contributed by atoms with Gasteiger partial charge in [-0.1, -0.05) is 23.2 Å². The predicted molar refractivity (Wildman–Crippen MR) is 99.2 cm³/mol. The maximum Gasteiger partial charge on any atom is 0.241 e. The zero-order chi connectivity index (χ0) is 17.7. The molecule has 1 amide bonds. The minimum atomic E-state index is -0.139. The van der Waals surface area contributed by atoms with Gasteiger partial charge in [0.15, 0.2) is 0 Å². The number of ether oxygens (including phenoxy) is 1. The summed E-state index contributed by atoms with van der Waals surface area (Å²) in [4.78, 5) is 11.9. The van der Waals surface area contributed by atoms with Gasteiger partial charge in [0.2, 0.25) is 5.91 Å². The van der Waals surface area contributed by atoms with Gasteiger partial charge in [-0.2, -0.15) is 5.10 Å². The van der Waals surface area contributed by atoms with E-state index in [0.717, 1.165) is 11.4 Å². The van der Waals surface area contributed by atoms with Crippen LogP contribution in [0.15, 0.2) is 22.8 Å². The summed E-state index contributed by atoms with van der Waals surface area (Å²) in [5.74, 6) is 0.461. The molecule has 0 spiro atoms. The van der Waals surface area contributed by atoms with E-state index in [0.29, 0.717) is 33.5 Å². The summed E-state index contributed by atoms with van der Waals surface area (Å²) in [7, 11) is 1.56. The summed E-state index contributed by atoms with van der Waals surface area (Å²) in [6, 6.07) is 5.40. The number of carbonyl (C=O) groups is 1. The Morgan fingerprint density at radius 1 is 1.38 bits per heavy atom. The van der Waals surface area contributed by atoms with E-state index in [9.17, 15) is 4.79 Å². The van der Waals surface area contributed by atoms with Gasteiger partial charge in [-0.3, -0.25) is 9.48 Å². The average molecular weight is 436 g/mol. The number of carbonyl (C=O) groups excluding carboxylic acids is 1. The SMILES string of the molecule is COc1cc(NCCNC(=O)Cn2nc(Br)c(Cl)c2C)ccc1Cl. The first-order valence-electron chi connectivity index (χ1n) is 7.15. The highest BCUT2D eigenvalue weighted by molar-refractivity contribution is 9.10. The molecule has 1 aromatic heterocycles. The van der Waals surface area contributed by atoms with Crippen LogP contribution in [-0.4, -0.2) is 35.9 Å². The van der Waals surface area contributed by atoms with Crippen molar-refractivity contribution in [1.29, 1.82) is 0 Å². The van der Waals surface area contributed by atoms with Gasteiger partial charge in [-0.25, -0.2) is 0 Å². The van der Waals surface area contributed by atoms with Gasteiger partial charge in [-0.05, 0) is 35.0 Å². The molecule has 0 aliphatic heterocycles. The first kappa shape index (κ1) is 18.9. The Kier molecular flexibility index (Phi) is 6.77. The smallest absolute Gasteiger partial charge is 0.241 e. The van der Waals surface area contributed by atoms with Crippen LogP contribution in [0.1, 0.15) is 5.69 Å². The van der Waals surface area contributed by atoms with Crippen LogP contribution in [0.4, 0.5) is 5.69 Å². The molecule has 1 heterocycles. The first-order chi connectivity index (χ1) is 11.4. The van der Waals surface area contributed by atoms with Crippen molar-refractivity contribution < 1.29 is 9.53 Å². The second-order valence-electron chi connectivity index (χ2n) is 4.97. The molecule has 9 heteroatoms. The fourth-order valence-corrected chi connectivity index (χ4v) is 2.82. The van der Waals surface area contributed by atoms with Gasteiger partial charge in [0.1, 0.15) is 16.9 Å². The van der Waals surface area contributed by atoms with E-state index in [1.165, 1.54) is 0 Å². The zero-order valence-electron chi connectivity index (χ0n) is 13.2. The molecule has 0 fully saturated rings. The van der Waals surface area contributed by atoms with Crippen LogP contribution in [0.3, 0.4) is 0 Å². The average Bonchev–Trinajstić information content (AvgIpc) is 2.80. The minimum Gasteiger partial charge on any atom is -0.495 e. The molecule has 0 unspecified atom stereocenters. The lowest BCUT2D eigenvalue weighted by atomic mass is 10.3. The molecule has 0 saturated carbocycles. The molecule has 0 atom stereocenters. The lowest BCUT2D eigenvalue weighted by Crippen LogP contribution is -2.32. The summed E-state index contributed by atoms with van der Waals surface area (Å²) < 4.78 is 7.24. The van der Waals surface area contributed by atoms with Crippen molar-refractivity contribution in [3.8, 4) is 5.75 Å². The molecular formula is C15H17BrCl2N4O2. The van der Waals surface area contributed by atoms with Gasteiger partial charge in [0.25, 0.3) is 0 Å². The van der Waals surface area contributed by atoms with E-state index in [4.69, 9.17) is 27.9 Å². The van der Waals surface area contributed by atoms with Crippen LogP contribution >= 0.6 is 39.1 Å². The number of anilines is 1. The first-order valence-corrected chi connectivity index (χ1v) is 8.69. The van der Waals surface area contributed by atoms with Gasteiger partial charge in [-0.15, -0.1) is 0 Å². The van der Waals surface area contributed by atoms with Gasteiger partial charge >= 0.3 is 0 Å². The fraction of sp³-hybridized carbons (Fsp3) is 0.333. The fourth-order valence-electron chi connectivity index (χ4n) is 2.01. The third-order valence-electron chi connectivity index (χ3n) is 3.32. The summed E-state index contributed by atoms with van der Waals surface area (Å²) in [5.41, 5.74) is 1.61. The van der Waals surface area contributed by atoms with Gasteiger partial charge in [0.05, 0.1) is 22.8 Å². The molecule has 0 aliphatic carbocycles. The highest BCUT2D eigenvalue weighted by Gasteiger charge is 2.12. The number of rotatable bonds is 7. The summed E-state index contributed by atoms with van der Waals surface area (Å²) >= 11 is 15.2. The number of aromatic nitrogens is 2. The molecule has 0 aliphatic rings. The Morgan fingerprint density at radius 2 is 2.12 bits per heavy atom. The molecular weight excluding hydrogens is 419 g/mol. The topological polar surface area (TPSA) is 68.2 Å². The number of hydrogen-bond donors (Lipinski definition) is 2. The molecule has 2 N–H and O–H groups in total. The highest BCUT2D eigenvalue weighted by Crippen LogP contribution is 2.27. The van der Waals surface area contributed by atoms with Gasteiger partial charge in [0, 0.05) is 24.8 Å².